The monoisotopic (exact) mass is 246 g/mol. The number of aliphatic hydroxyl groups is 2. The van der Waals surface area contributed by atoms with Crippen LogP contribution in [0, 0.1) is 0 Å². The van der Waals surface area contributed by atoms with Crippen molar-refractivity contribution < 1.29 is 45.4 Å². The molecule has 2 radical (unpaired) electrons. The minimum absolute atomic E-state index is 0.0575. The Bertz CT molecular complexity index is 204. The molecule has 1 rings (SSSR count). The molecule has 3 atom stereocenters. The topological polar surface area (TPSA) is 155 Å². The van der Waals surface area contributed by atoms with Gasteiger partial charge in [0.25, 0.3) is 6.10 Å². The van der Waals surface area contributed by atoms with E-state index in [9.17, 15) is 10.00 Å². The van der Waals surface area contributed by atoms with Gasteiger partial charge in [0, 0.05) is 9.25 Å². The number of rotatable bonds is 5. The van der Waals surface area contributed by atoms with Gasteiger partial charge >= 0.3 is 14.5 Å². The fourth-order valence-corrected chi connectivity index (χ4v) is 1.78. The summed E-state index contributed by atoms with van der Waals surface area (Å²) in [7, 11) is -3.83. The van der Waals surface area contributed by atoms with Gasteiger partial charge in [-0.05, 0) is 0 Å². The third kappa shape index (κ3) is 3.26. The van der Waals surface area contributed by atoms with Crippen LogP contribution in [0.1, 0.15) is 6.42 Å². The second-order valence-electron chi connectivity index (χ2n) is 2.90. The average Bonchev–Trinajstić information content (AvgIpc) is 2.58. The predicted molar refractivity (Wildman–Crippen MR) is 43.0 cm³/mol. The number of hydrogen-bond donors (Lipinski definition) is 4. The van der Waals surface area contributed by atoms with Crippen LogP contribution in [0.25, 0.3) is 0 Å². The van der Waals surface area contributed by atoms with Gasteiger partial charge in [0.2, 0.25) is 0 Å². The van der Waals surface area contributed by atoms with Crippen LogP contribution in [0.2, 0.25) is 0 Å². The molecule has 0 aromatic heterocycles. The Kier molecular flexibility index (Phi) is 4.74. The maximum atomic E-state index is 11.4. The van der Waals surface area contributed by atoms with Crippen molar-refractivity contribution in [1.82, 2.24) is 0 Å². The first-order chi connectivity index (χ1) is 7.04. The van der Waals surface area contributed by atoms with Crippen LogP contribution < -0.4 is 11.8 Å². The molecular formula is C5H15N2O7P+4. The molecule has 0 bridgehead atoms. The summed E-state index contributed by atoms with van der Waals surface area (Å²) in [4.78, 5) is 11.4. The van der Waals surface area contributed by atoms with Crippen LogP contribution in [0.4, 0.5) is 0 Å². The quantitative estimate of drug-likeness (QED) is 0.229. The van der Waals surface area contributed by atoms with Crippen LogP contribution in [-0.2, 0) is 23.4 Å². The molecule has 1 fully saturated rings. The molecule has 1 aliphatic heterocycles. The van der Waals surface area contributed by atoms with E-state index in [0.717, 1.165) is 0 Å². The van der Waals surface area contributed by atoms with E-state index in [4.69, 9.17) is 14.4 Å². The number of aliphatic hydroxyl groups excluding tert-OH is 2. The second-order valence-corrected chi connectivity index (χ2v) is 4.52. The smallest absolute Gasteiger partial charge is 0.388 e. The summed E-state index contributed by atoms with van der Waals surface area (Å²) in [6.07, 6.45) is -2.57. The first-order valence-electron chi connectivity index (χ1n) is 4.15. The number of ether oxygens (including phenoxy) is 1. The number of hydrogen-bond acceptors (Lipinski definition) is 6. The summed E-state index contributed by atoms with van der Waals surface area (Å²) in [5.41, 5.74) is 0. The van der Waals surface area contributed by atoms with E-state index in [0.29, 0.717) is 0 Å². The Hall–Kier alpha value is 0.0700. The lowest BCUT2D eigenvalue weighted by Gasteiger charge is -2.01. The molecule has 15 heavy (non-hydrogen) atoms. The fourth-order valence-electron chi connectivity index (χ4n) is 1.16. The van der Waals surface area contributed by atoms with Crippen molar-refractivity contribution in [1.29, 1.82) is 0 Å². The van der Waals surface area contributed by atoms with Gasteiger partial charge in [-0.25, -0.2) is 0 Å². The van der Waals surface area contributed by atoms with Gasteiger partial charge in [0.1, 0.15) is 12.7 Å². The zero-order valence-electron chi connectivity index (χ0n) is 7.94. The van der Waals surface area contributed by atoms with Crippen molar-refractivity contribution in [2.24, 2.45) is 0 Å². The van der Waals surface area contributed by atoms with E-state index in [1.54, 1.807) is 0 Å². The summed E-state index contributed by atoms with van der Waals surface area (Å²) in [6.45, 7) is -0.359. The molecule has 0 aromatic carbocycles. The maximum Gasteiger partial charge on any atom is 0.727 e. The Balaban J connectivity index is 2.47. The molecule has 0 amide bonds. The zero-order valence-corrected chi connectivity index (χ0v) is 8.84. The van der Waals surface area contributed by atoms with E-state index in [1.165, 1.54) is 0 Å². The van der Waals surface area contributed by atoms with E-state index in [-0.39, 0.29) is 13.0 Å². The second kappa shape index (κ2) is 5.41. The maximum absolute atomic E-state index is 11.4. The third-order valence-electron chi connectivity index (χ3n) is 1.93. The molecule has 8 N–H and O–H groups in total. The first-order valence-corrected chi connectivity index (χ1v) is 5.61. The highest BCUT2D eigenvalue weighted by Crippen LogP contribution is 2.56. The highest BCUT2D eigenvalue weighted by atomic mass is 31.2. The Labute approximate surface area is 86.0 Å². The molecule has 1 aliphatic rings. The molecule has 1 saturated heterocycles. The lowest BCUT2D eigenvalue weighted by molar-refractivity contribution is -0.690. The lowest BCUT2D eigenvalue weighted by atomic mass is 10.2. The van der Waals surface area contributed by atoms with E-state index < -0.39 is 26.7 Å². The molecule has 0 aliphatic carbocycles. The summed E-state index contributed by atoms with van der Waals surface area (Å²) in [5, 5.41) is 18.1. The SMILES string of the molecule is [NH3+]O[P+]([O])(O[NH3+])OC1C[C@H](O)[C@@H](CO)[O+]1. The summed E-state index contributed by atoms with van der Waals surface area (Å²) in [6, 6.07) is 0. The van der Waals surface area contributed by atoms with E-state index >= 15 is 0 Å². The van der Waals surface area contributed by atoms with Gasteiger partial charge in [-0.3, -0.25) is 0 Å². The minimum Gasteiger partial charge on any atom is -0.388 e. The Morgan fingerprint density at radius 2 is 2.07 bits per heavy atom. The van der Waals surface area contributed by atoms with Crippen LogP contribution in [0.15, 0.2) is 0 Å². The third-order valence-corrected chi connectivity index (χ3v) is 3.06. The van der Waals surface area contributed by atoms with Crippen LogP contribution >= 0.6 is 8.17 Å². The Morgan fingerprint density at radius 1 is 1.47 bits per heavy atom. The van der Waals surface area contributed by atoms with Crippen LogP contribution in [-0.4, -0.2) is 35.3 Å². The molecule has 9 nitrogen and oxygen atoms in total. The van der Waals surface area contributed by atoms with Gasteiger partial charge in [0.15, 0.2) is 0 Å². The van der Waals surface area contributed by atoms with E-state index in [2.05, 4.69) is 21.0 Å². The molecule has 0 spiro atoms. The van der Waals surface area contributed by atoms with Crippen molar-refractivity contribution in [3.8, 4) is 0 Å². The summed E-state index contributed by atoms with van der Waals surface area (Å²) in [5.74, 6) is 5.82. The lowest BCUT2D eigenvalue weighted by Crippen LogP contribution is -2.55. The van der Waals surface area contributed by atoms with Crippen LogP contribution in [0.3, 0.4) is 0 Å². The van der Waals surface area contributed by atoms with Crippen molar-refractivity contribution in [3.63, 3.8) is 0 Å². The largest absolute Gasteiger partial charge is 0.727 e. The normalized spacial score (nSPS) is 32.2. The van der Waals surface area contributed by atoms with Gasteiger partial charge in [0.05, 0.1) is 11.3 Å². The molecule has 10 heteroatoms. The zero-order chi connectivity index (χ0) is 11.5. The highest BCUT2D eigenvalue weighted by molar-refractivity contribution is 7.54. The van der Waals surface area contributed by atoms with Crippen molar-refractivity contribution in [2.45, 2.75) is 24.9 Å². The molecule has 1 unspecified atom stereocenters. The molecule has 1 heterocycles. The van der Waals surface area contributed by atoms with Gasteiger partial charge in [-0.2, -0.15) is 11.8 Å². The van der Waals surface area contributed by atoms with Gasteiger partial charge in [-0.15, -0.1) is 4.74 Å². The minimum atomic E-state index is -3.83. The summed E-state index contributed by atoms with van der Waals surface area (Å²) >= 11 is 0. The van der Waals surface area contributed by atoms with Crippen molar-refractivity contribution in [2.75, 3.05) is 6.61 Å². The molecule has 0 saturated carbocycles. The molecule has 0 aromatic rings. The van der Waals surface area contributed by atoms with Crippen molar-refractivity contribution >= 4 is 8.17 Å². The Morgan fingerprint density at radius 3 is 2.47 bits per heavy atom. The predicted octanol–water partition coefficient (Wildman–Crippen LogP) is -3.07. The molecule has 88 valence electrons. The van der Waals surface area contributed by atoms with Crippen molar-refractivity contribution in [3.05, 3.63) is 0 Å². The molecular weight excluding hydrogens is 231 g/mol. The fraction of sp³-hybridized carbons (Fsp3) is 1.00. The highest BCUT2D eigenvalue weighted by Gasteiger charge is 2.63. The average molecular weight is 246 g/mol. The van der Waals surface area contributed by atoms with Gasteiger partial charge in [-0.1, -0.05) is 4.52 Å². The van der Waals surface area contributed by atoms with Crippen LogP contribution in [0.5, 0.6) is 0 Å². The number of quaternary nitrogens is 2. The van der Waals surface area contributed by atoms with Gasteiger partial charge < -0.3 is 10.2 Å². The summed E-state index contributed by atoms with van der Waals surface area (Å²) < 4.78 is 18.3. The first kappa shape index (κ1) is 13.1. The van der Waals surface area contributed by atoms with E-state index in [1.807, 2.05) is 0 Å². The standard InChI is InChI=1S/C5H15N2O7P/c6-13-15(10,14-7)12-5-1-3(9)4(2-8)11-5/h3-5,8-9H,1-2H2,6-7H3/q+4/t3-,4+,5?/m0/s1.